The first-order chi connectivity index (χ1) is 9.18. The maximum Gasteiger partial charge on any atom is 0.258 e. The highest BCUT2D eigenvalue weighted by Gasteiger charge is 2.40. The zero-order valence-corrected chi connectivity index (χ0v) is 11.7. The molecule has 1 aliphatic heterocycles. The third-order valence-electron chi connectivity index (χ3n) is 3.35. The van der Waals surface area contributed by atoms with Crippen molar-refractivity contribution in [3.05, 3.63) is 22.7 Å². The molecule has 1 aliphatic rings. The van der Waals surface area contributed by atoms with Gasteiger partial charge in [0.1, 0.15) is 0 Å². The molecule has 5 nitrogen and oxygen atoms in total. The topological polar surface area (TPSA) is 62.4 Å². The Labute approximate surface area is 115 Å². The van der Waals surface area contributed by atoms with Crippen LogP contribution < -0.4 is 0 Å². The Morgan fingerprint density at radius 1 is 1.53 bits per heavy atom. The van der Waals surface area contributed by atoms with Gasteiger partial charge in [0.25, 0.3) is 5.89 Å². The van der Waals surface area contributed by atoms with Crippen LogP contribution in [0.25, 0.3) is 11.5 Å². The summed E-state index contributed by atoms with van der Waals surface area (Å²) in [6.45, 7) is 4.12. The summed E-state index contributed by atoms with van der Waals surface area (Å²) in [6, 6.07) is 1.96. The standard InChI is InChI=1S/C13H17N3O2S/c1-2-4-13(17)8-16(9-13)6-11-14-12(18-15-11)10-3-5-19-7-10/h3,5,7,17H,2,4,6,8-9H2,1H3. The second-order valence-corrected chi connectivity index (χ2v) is 5.93. The molecule has 2 aromatic rings. The van der Waals surface area contributed by atoms with E-state index in [2.05, 4.69) is 22.0 Å². The number of nitrogens with zero attached hydrogens (tertiary/aromatic N) is 3. The molecule has 0 atom stereocenters. The monoisotopic (exact) mass is 279 g/mol. The van der Waals surface area contributed by atoms with E-state index in [1.165, 1.54) is 0 Å². The van der Waals surface area contributed by atoms with Crippen LogP contribution in [-0.2, 0) is 6.54 Å². The third-order valence-corrected chi connectivity index (χ3v) is 4.04. The normalized spacial score (nSPS) is 18.4. The van der Waals surface area contributed by atoms with Crippen molar-refractivity contribution in [1.29, 1.82) is 0 Å². The van der Waals surface area contributed by atoms with E-state index in [0.717, 1.165) is 18.4 Å². The number of aromatic nitrogens is 2. The maximum atomic E-state index is 10.1. The molecule has 0 amide bonds. The molecular weight excluding hydrogens is 262 g/mol. The van der Waals surface area contributed by atoms with E-state index in [1.54, 1.807) is 11.3 Å². The predicted molar refractivity (Wildman–Crippen MR) is 72.7 cm³/mol. The molecule has 3 rings (SSSR count). The van der Waals surface area contributed by atoms with Crippen molar-refractivity contribution in [2.75, 3.05) is 13.1 Å². The van der Waals surface area contributed by atoms with Crippen LogP contribution in [0.15, 0.2) is 21.3 Å². The van der Waals surface area contributed by atoms with Gasteiger partial charge in [-0.15, -0.1) is 0 Å². The summed E-state index contributed by atoms with van der Waals surface area (Å²) in [7, 11) is 0. The van der Waals surface area contributed by atoms with Crippen LogP contribution in [0.5, 0.6) is 0 Å². The summed E-state index contributed by atoms with van der Waals surface area (Å²) in [6.07, 6.45) is 1.87. The summed E-state index contributed by atoms with van der Waals surface area (Å²) in [5.74, 6) is 1.25. The van der Waals surface area contributed by atoms with Gasteiger partial charge in [-0.3, -0.25) is 4.90 Å². The average molecular weight is 279 g/mol. The van der Waals surface area contributed by atoms with E-state index < -0.39 is 5.60 Å². The fraction of sp³-hybridized carbons (Fsp3) is 0.538. The lowest BCUT2D eigenvalue weighted by Crippen LogP contribution is -2.61. The Hall–Kier alpha value is -1.24. The largest absolute Gasteiger partial charge is 0.387 e. The molecule has 102 valence electrons. The summed E-state index contributed by atoms with van der Waals surface area (Å²) < 4.78 is 5.23. The number of hydrogen-bond donors (Lipinski definition) is 1. The molecule has 0 aliphatic carbocycles. The van der Waals surface area contributed by atoms with Crippen molar-refractivity contribution in [2.45, 2.75) is 31.9 Å². The van der Waals surface area contributed by atoms with Crippen LogP contribution in [0.2, 0.25) is 0 Å². The van der Waals surface area contributed by atoms with Crippen LogP contribution >= 0.6 is 11.3 Å². The van der Waals surface area contributed by atoms with Gasteiger partial charge in [-0.25, -0.2) is 0 Å². The molecule has 0 saturated carbocycles. The highest BCUT2D eigenvalue weighted by atomic mass is 32.1. The second kappa shape index (κ2) is 5.03. The summed E-state index contributed by atoms with van der Waals surface area (Å²) >= 11 is 1.61. The van der Waals surface area contributed by atoms with Crippen molar-refractivity contribution in [3.8, 4) is 11.5 Å². The lowest BCUT2D eigenvalue weighted by atomic mass is 9.89. The number of likely N-dealkylation sites (tertiary alicyclic amines) is 1. The summed E-state index contributed by atoms with van der Waals surface area (Å²) in [5.41, 5.74) is 0.462. The molecule has 0 radical (unpaired) electrons. The molecule has 1 saturated heterocycles. The second-order valence-electron chi connectivity index (χ2n) is 5.15. The van der Waals surface area contributed by atoms with Crippen molar-refractivity contribution in [2.24, 2.45) is 0 Å². The van der Waals surface area contributed by atoms with Crippen molar-refractivity contribution in [1.82, 2.24) is 15.0 Å². The minimum Gasteiger partial charge on any atom is -0.387 e. The van der Waals surface area contributed by atoms with Crippen LogP contribution in [0.3, 0.4) is 0 Å². The maximum absolute atomic E-state index is 10.1. The Morgan fingerprint density at radius 2 is 2.37 bits per heavy atom. The highest BCUT2D eigenvalue weighted by Crippen LogP contribution is 2.27. The van der Waals surface area contributed by atoms with Gasteiger partial charge >= 0.3 is 0 Å². The van der Waals surface area contributed by atoms with E-state index >= 15 is 0 Å². The van der Waals surface area contributed by atoms with Gasteiger partial charge in [0.15, 0.2) is 5.82 Å². The number of hydrogen-bond acceptors (Lipinski definition) is 6. The Kier molecular flexibility index (Phi) is 3.38. The van der Waals surface area contributed by atoms with Crippen molar-refractivity contribution < 1.29 is 9.63 Å². The van der Waals surface area contributed by atoms with Gasteiger partial charge in [0.2, 0.25) is 0 Å². The van der Waals surface area contributed by atoms with Crippen molar-refractivity contribution >= 4 is 11.3 Å². The van der Waals surface area contributed by atoms with E-state index in [4.69, 9.17) is 4.52 Å². The molecule has 3 heterocycles. The Morgan fingerprint density at radius 3 is 3.05 bits per heavy atom. The quantitative estimate of drug-likeness (QED) is 0.908. The molecule has 0 bridgehead atoms. The van der Waals surface area contributed by atoms with Gasteiger partial charge in [0.05, 0.1) is 17.7 Å². The third kappa shape index (κ3) is 2.70. The molecule has 1 N–H and O–H groups in total. The van der Waals surface area contributed by atoms with Crippen LogP contribution in [0.4, 0.5) is 0 Å². The summed E-state index contributed by atoms with van der Waals surface area (Å²) in [5, 5.41) is 18.1. The number of rotatable bonds is 5. The van der Waals surface area contributed by atoms with Crippen LogP contribution in [0.1, 0.15) is 25.6 Å². The first kappa shape index (κ1) is 12.8. The molecule has 19 heavy (non-hydrogen) atoms. The average Bonchev–Trinajstić information content (AvgIpc) is 2.96. The molecule has 2 aromatic heterocycles. The SMILES string of the molecule is CCCC1(O)CN(Cc2noc(-c3ccsc3)n2)C1. The zero-order chi connectivity index (χ0) is 13.3. The molecular formula is C13H17N3O2S. The minimum atomic E-state index is -0.505. The van der Waals surface area contributed by atoms with Gasteiger partial charge in [-0.1, -0.05) is 18.5 Å². The lowest BCUT2D eigenvalue weighted by molar-refractivity contribution is -0.107. The van der Waals surface area contributed by atoms with E-state index in [9.17, 15) is 5.11 Å². The van der Waals surface area contributed by atoms with Crippen LogP contribution in [-0.4, -0.2) is 38.8 Å². The summed E-state index contributed by atoms with van der Waals surface area (Å²) in [4.78, 5) is 6.51. The fourth-order valence-corrected chi connectivity index (χ4v) is 3.17. The first-order valence-corrected chi connectivity index (χ1v) is 7.43. The molecule has 1 fully saturated rings. The van der Waals surface area contributed by atoms with Crippen molar-refractivity contribution in [3.63, 3.8) is 0 Å². The zero-order valence-electron chi connectivity index (χ0n) is 10.9. The highest BCUT2D eigenvalue weighted by molar-refractivity contribution is 7.08. The smallest absolute Gasteiger partial charge is 0.258 e. The number of thiophene rings is 1. The minimum absolute atomic E-state index is 0.505. The van der Waals surface area contributed by atoms with E-state index in [-0.39, 0.29) is 0 Å². The molecule has 6 heteroatoms. The Bertz CT molecular complexity index is 532. The lowest BCUT2D eigenvalue weighted by Gasteiger charge is -2.46. The van der Waals surface area contributed by atoms with E-state index in [0.29, 0.717) is 31.3 Å². The van der Waals surface area contributed by atoms with Gasteiger partial charge in [-0.2, -0.15) is 16.3 Å². The van der Waals surface area contributed by atoms with Gasteiger partial charge < -0.3 is 9.63 Å². The van der Waals surface area contributed by atoms with Gasteiger partial charge in [0, 0.05) is 18.5 Å². The van der Waals surface area contributed by atoms with Gasteiger partial charge in [-0.05, 0) is 17.9 Å². The number of β-amino-alcohol motifs (C(OH)–C–C–N with tert-alkyl or cyclic N) is 1. The predicted octanol–water partition coefficient (Wildman–Crippen LogP) is 2.14. The van der Waals surface area contributed by atoms with Crippen LogP contribution in [0, 0.1) is 0 Å². The Balaban J connectivity index is 1.58. The van der Waals surface area contributed by atoms with E-state index in [1.807, 2.05) is 16.8 Å². The number of aliphatic hydroxyl groups is 1. The first-order valence-electron chi connectivity index (χ1n) is 6.48. The molecule has 0 aromatic carbocycles. The molecule has 0 spiro atoms. The fourth-order valence-electron chi connectivity index (χ4n) is 2.54. The molecule has 0 unspecified atom stereocenters.